The number of aliphatic hydroxyl groups is 3. The van der Waals surface area contributed by atoms with Gasteiger partial charge in [-0.3, -0.25) is 9.59 Å². The predicted octanol–water partition coefficient (Wildman–Crippen LogP) is 1.72. The van der Waals surface area contributed by atoms with Crippen molar-refractivity contribution in [1.82, 2.24) is 5.32 Å². The summed E-state index contributed by atoms with van der Waals surface area (Å²) in [6.45, 7) is 4.99. The zero-order chi connectivity index (χ0) is 21.2. The van der Waals surface area contributed by atoms with Crippen LogP contribution >= 0.6 is 0 Å². The summed E-state index contributed by atoms with van der Waals surface area (Å²) in [5.74, 6) is 0.0305. The second kappa shape index (κ2) is 6.89. The van der Waals surface area contributed by atoms with Gasteiger partial charge in [-0.25, -0.2) is 0 Å². The quantitative estimate of drug-likeness (QED) is 0.535. The van der Waals surface area contributed by atoms with Crippen molar-refractivity contribution in [3.8, 4) is 0 Å². The van der Waals surface area contributed by atoms with E-state index in [1.807, 2.05) is 6.92 Å². The molecule has 1 amide bonds. The van der Waals surface area contributed by atoms with Crippen LogP contribution in [-0.4, -0.2) is 51.4 Å². The largest absolute Gasteiger partial charge is 0.393 e. The van der Waals surface area contributed by atoms with E-state index in [2.05, 4.69) is 18.3 Å². The lowest BCUT2D eigenvalue weighted by atomic mass is 9.46. The van der Waals surface area contributed by atoms with Crippen molar-refractivity contribution >= 4 is 11.7 Å². The van der Waals surface area contributed by atoms with Gasteiger partial charge < -0.3 is 20.6 Å². The number of Topliss-reactive ketones (excluding diaryl/α,β-unsaturated/α-hetero) is 1. The van der Waals surface area contributed by atoms with Crippen molar-refractivity contribution in [3.63, 3.8) is 0 Å². The molecule has 4 aliphatic rings. The molecule has 0 aromatic heterocycles. The maximum atomic E-state index is 12.8. The standard InChI is InChI=1S/C23H35NO5/c1-13(26)24-19-11-18-16-5-4-14-10-15(27)6-8-21(14,2)17(16)7-9-22(18,3)23(19,29)20(28)12-25/h4,15-19,25,27,29H,5-12H2,1-3H3,(H,24,26)/t15-,16+,17-,18-,19+,21-,22-,23-/m0/s1. The number of carbonyl (C=O) groups is 2. The molecule has 29 heavy (non-hydrogen) atoms. The fraction of sp³-hybridized carbons (Fsp3) is 0.826. The highest BCUT2D eigenvalue weighted by atomic mass is 16.3. The maximum Gasteiger partial charge on any atom is 0.217 e. The molecule has 3 fully saturated rings. The molecule has 6 heteroatoms. The van der Waals surface area contributed by atoms with Gasteiger partial charge in [-0.05, 0) is 68.1 Å². The first-order chi connectivity index (χ1) is 13.6. The van der Waals surface area contributed by atoms with Gasteiger partial charge in [-0.2, -0.15) is 0 Å². The molecule has 0 spiro atoms. The molecule has 0 heterocycles. The van der Waals surface area contributed by atoms with Crippen LogP contribution in [0.25, 0.3) is 0 Å². The Morgan fingerprint density at radius 1 is 1.21 bits per heavy atom. The molecule has 4 rings (SSSR count). The number of amides is 1. The van der Waals surface area contributed by atoms with Crippen LogP contribution in [0.2, 0.25) is 0 Å². The Morgan fingerprint density at radius 3 is 2.59 bits per heavy atom. The highest BCUT2D eigenvalue weighted by Gasteiger charge is 2.69. The Morgan fingerprint density at radius 2 is 1.93 bits per heavy atom. The van der Waals surface area contributed by atoms with E-state index < -0.39 is 29.4 Å². The lowest BCUT2D eigenvalue weighted by Gasteiger charge is -2.58. The average molecular weight is 406 g/mol. The average Bonchev–Trinajstić information content (AvgIpc) is 2.89. The zero-order valence-corrected chi connectivity index (χ0v) is 17.8. The number of rotatable bonds is 3. The van der Waals surface area contributed by atoms with E-state index in [0.29, 0.717) is 24.7 Å². The predicted molar refractivity (Wildman–Crippen MR) is 108 cm³/mol. The van der Waals surface area contributed by atoms with Crippen LogP contribution in [0.1, 0.15) is 65.7 Å². The van der Waals surface area contributed by atoms with Crippen molar-refractivity contribution in [3.05, 3.63) is 11.6 Å². The Bertz CT molecular complexity index is 750. The summed E-state index contributed by atoms with van der Waals surface area (Å²) in [5.41, 5.74) is -0.971. The molecule has 162 valence electrons. The third-order valence-corrected chi connectivity index (χ3v) is 9.28. The fourth-order valence-electron chi connectivity index (χ4n) is 7.73. The topological polar surface area (TPSA) is 107 Å². The van der Waals surface area contributed by atoms with Gasteiger partial charge in [0.1, 0.15) is 6.61 Å². The van der Waals surface area contributed by atoms with Gasteiger partial charge >= 0.3 is 0 Å². The molecular formula is C23H35NO5. The lowest BCUT2D eigenvalue weighted by Crippen LogP contribution is -2.63. The Hall–Kier alpha value is -1.24. The molecule has 0 saturated heterocycles. The molecule has 0 unspecified atom stereocenters. The van der Waals surface area contributed by atoms with E-state index in [0.717, 1.165) is 32.1 Å². The van der Waals surface area contributed by atoms with Crippen LogP contribution in [0, 0.1) is 28.6 Å². The SMILES string of the molecule is CC(=O)N[C@@H]1C[C@H]2[C@@H]3CC=C4C[C@@H](O)CC[C@]4(C)[C@H]3CC[C@]2(C)[C@@]1(O)C(=O)CO. The first-order valence-electron chi connectivity index (χ1n) is 11.1. The van der Waals surface area contributed by atoms with Gasteiger partial charge in [0, 0.05) is 12.3 Å². The second-order valence-electron chi connectivity index (χ2n) is 10.4. The van der Waals surface area contributed by atoms with E-state index in [9.17, 15) is 24.9 Å². The van der Waals surface area contributed by atoms with Crippen LogP contribution < -0.4 is 5.32 Å². The van der Waals surface area contributed by atoms with E-state index in [4.69, 9.17) is 0 Å². The number of aliphatic hydroxyl groups excluding tert-OH is 2. The number of nitrogens with one attached hydrogen (secondary N) is 1. The zero-order valence-electron chi connectivity index (χ0n) is 17.8. The molecule has 0 aromatic carbocycles. The first-order valence-corrected chi connectivity index (χ1v) is 11.1. The molecule has 0 aromatic rings. The summed E-state index contributed by atoms with van der Waals surface area (Å²) in [5, 5.41) is 34.3. The van der Waals surface area contributed by atoms with Crippen molar-refractivity contribution in [1.29, 1.82) is 0 Å². The number of allylic oxidation sites excluding steroid dienone is 1. The van der Waals surface area contributed by atoms with Crippen LogP contribution in [-0.2, 0) is 9.59 Å². The summed E-state index contributed by atoms with van der Waals surface area (Å²) in [4.78, 5) is 24.6. The van der Waals surface area contributed by atoms with Gasteiger partial charge in [-0.15, -0.1) is 0 Å². The van der Waals surface area contributed by atoms with Crippen LogP contribution in [0.15, 0.2) is 11.6 Å². The van der Waals surface area contributed by atoms with Crippen molar-refractivity contribution in [2.45, 2.75) is 83.5 Å². The summed E-state index contributed by atoms with van der Waals surface area (Å²) >= 11 is 0. The molecule has 6 nitrogen and oxygen atoms in total. The molecule has 3 saturated carbocycles. The van der Waals surface area contributed by atoms with Gasteiger partial charge in [0.2, 0.25) is 5.91 Å². The Kier molecular flexibility index (Phi) is 4.99. The summed E-state index contributed by atoms with van der Waals surface area (Å²) in [6, 6.07) is -0.667. The van der Waals surface area contributed by atoms with Gasteiger partial charge in [-0.1, -0.05) is 25.5 Å². The van der Waals surface area contributed by atoms with Crippen molar-refractivity contribution < 1.29 is 24.9 Å². The third kappa shape index (κ3) is 2.78. The number of ketones is 1. The second-order valence-corrected chi connectivity index (χ2v) is 10.4. The van der Waals surface area contributed by atoms with Gasteiger partial charge in [0.05, 0.1) is 12.1 Å². The molecule has 0 aliphatic heterocycles. The van der Waals surface area contributed by atoms with E-state index in [-0.39, 0.29) is 23.3 Å². The lowest BCUT2D eigenvalue weighted by molar-refractivity contribution is -0.167. The molecule has 8 atom stereocenters. The third-order valence-electron chi connectivity index (χ3n) is 9.28. The smallest absolute Gasteiger partial charge is 0.217 e. The van der Waals surface area contributed by atoms with E-state index in [1.165, 1.54) is 12.5 Å². The fourth-order valence-corrected chi connectivity index (χ4v) is 7.73. The Labute approximate surface area is 172 Å². The molecular weight excluding hydrogens is 370 g/mol. The minimum Gasteiger partial charge on any atom is -0.393 e. The number of carbonyl (C=O) groups excluding carboxylic acids is 2. The number of fused-ring (bicyclic) bond motifs is 5. The Balaban J connectivity index is 1.73. The molecule has 0 radical (unpaired) electrons. The summed E-state index contributed by atoms with van der Waals surface area (Å²) < 4.78 is 0. The minimum absolute atomic E-state index is 0.0642. The van der Waals surface area contributed by atoms with E-state index >= 15 is 0 Å². The normalized spacial score (nSPS) is 48.8. The van der Waals surface area contributed by atoms with Crippen molar-refractivity contribution in [2.75, 3.05) is 6.61 Å². The van der Waals surface area contributed by atoms with Crippen LogP contribution in [0.3, 0.4) is 0 Å². The van der Waals surface area contributed by atoms with Gasteiger partial charge in [0.25, 0.3) is 0 Å². The maximum absolute atomic E-state index is 12.8. The molecule has 0 bridgehead atoms. The van der Waals surface area contributed by atoms with Crippen LogP contribution in [0.5, 0.6) is 0 Å². The summed E-state index contributed by atoms with van der Waals surface area (Å²) in [7, 11) is 0. The highest BCUT2D eigenvalue weighted by Crippen LogP contribution is 2.67. The highest BCUT2D eigenvalue weighted by molar-refractivity contribution is 5.91. The molecule has 4 aliphatic carbocycles. The summed E-state index contributed by atoms with van der Waals surface area (Å²) in [6.07, 6.45) is 7.65. The van der Waals surface area contributed by atoms with E-state index in [1.54, 1.807) is 0 Å². The minimum atomic E-state index is -1.74. The molecule has 4 N–H and O–H groups in total. The van der Waals surface area contributed by atoms with Crippen molar-refractivity contribution in [2.24, 2.45) is 28.6 Å². The first kappa shape index (κ1) is 21.0. The monoisotopic (exact) mass is 405 g/mol. The van der Waals surface area contributed by atoms with Gasteiger partial charge in [0.15, 0.2) is 11.4 Å². The number of hydrogen-bond donors (Lipinski definition) is 4. The number of hydrogen-bond acceptors (Lipinski definition) is 5. The van der Waals surface area contributed by atoms with Crippen LogP contribution in [0.4, 0.5) is 0 Å².